The molecule has 0 aliphatic heterocycles. The molecule has 1 saturated carbocycles. The van der Waals surface area contributed by atoms with Crippen LogP contribution in [0.2, 0.25) is 0 Å². The molecule has 126 valence electrons. The molecule has 3 rings (SSSR count). The number of benzene rings is 2. The maximum atomic E-state index is 11.3. The lowest BCUT2D eigenvalue weighted by atomic mass is 10.0. The van der Waals surface area contributed by atoms with Gasteiger partial charge in [0.25, 0.3) is 0 Å². The van der Waals surface area contributed by atoms with Gasteiger partial charge in [-0.15, -0.1) is 0 Å². The predicted octanol–water partition coefficient (Wildman–Crippen LogP) is 4.22. The summed E-state index contributed by atoms with van der Waals surface area (Å²) in [6.07, 6.45) is 5.42. The van der Waals surface area contributed by atoms with Crippen molar-refractivity contribution in [3.05, 3.63) is 59.7 Å². The molecule has 0 bridgehead atoms. The lowest BCUT2D eigenvalue weighted by Crippen LogP contribution is -2.32. The summed E-state index contributed by atoms with van der Waals surface area (Å²) in [6, 6.07) is 16.9. The minimum absolute atomic E-state index is 0.386. The van der Waals surface area contributed by atoms with Crippen LogP contribution >= 0.6 is 0 Å². The Hall–Kier alpha value is -2.13. The molecule has 2 aromatic carbocycles. The fraction of sp³-hybridized carbons (Fsp3) is 0.381. The lowest BCUT2D eigenvalue weighted by molar-refractivity contribution is 0.100. The molecule has 3 heteroatoms. The van der Waals surface area contributed by atoms with Crippen molar-refractivity contribution in [3.63, 3.8) is 0 Å². The highest BCUT2D eigenvalue weighted by molar-refractivity contribution is 5.94. The van der Waals surface area contributed by atoms with Crippen molar-refractivity contribution in [1.29, 1.82) is 0 Å². The molecule has 2 N–H and O–H groups in total. The molecule has 0 radical (unpaired) electrons. The van der Waals surface area contributed by atoms with Crippen LogP contribution in [0.1, 0.15) is 48.5 Å². The molecule has 3 nitrogen and oxygen atoms in total. The second-order valence-corrected chi connectivity index (χ2v) is 6.64. The van der Waals surface area contributed by atoms with Gasteiger partial charge in [-0.3, -0.25) is 9.69 Å². The van der Waals surface area contributed by atoms with Crippen LogP contribution in [-0.4, -0.2) is 23.4 Å². The van der Waals surface area contributed by atoms with E-state index in [0.29, 0.717) is 5.56 Å². The van der Waals surface area contributed by atoms with Crippen molar-refractivity contribution in [2.75, 3.05) is 6.54 Å². The minimum Gasteiger partial charge on any atom is -0.366 e. The number of hydrogen-bond acceptors (Lipinski definition) is 2. The second-order valence-electron chi connectivity index (χ2n) is 6.64. The summed E-state index contributed by atoms with van der Waals surface area (Å²) in [4.78, 5) is 13.9. The van der Waals surface area contributed by atoms with Crippen LogP contribution < -0.4 is 5.73 Å². The average molecular weight is 322 g/mol. The molecule has 1 fully saturated rings. The Kier molecular flexibility index (Phi) is 5.31. The van der Waals surface area contributed by atoms with E-state index in [1.807, 2.05) is 18.2 Å². The van der Waals surface area contributed by atoms with Gasteiger partial charge in [0.05, 0.1) is 0 Å². The Bertz CT molecular complexity index is 687. The Morgan fingerprint density at radius 2 is 1.79 bits per heavy atom. The van der Waals surface area contributed by atoms with Gasteiger partial charge >= 0.3 is 0 Å². The standard InChI is InChI=1S/C21H26N2O/c1-2-23(20-8-3-4-9-20)15-16-10-12-17(13-11-16)18-6-5-7-19(14-18)21(22)24/h5-7,10-14,20H,2-4,8-9,15H2,1H3,(H2,22,24). The monoisotopic (exact) mass is 322 g/mol. The van der Waals surface area contributed by atoms with E-state index in [4.69, 9.17) is 5.73 Å². The van der Waals surface area contributed by atoms with Gasteiger partial charge in [0, 0.05) is 18.2 Å². The average Bonchev–Trinajstić information content (AvgIpc) is 3.15. The number of nitrogens with two attached hydrogens (primary N) is 1. The number of amides is 1. The van der Waals surface area contributed by atoms with Gasteiger partial charge in [-0.25, -0.2) is 0 Å². The summed E-state index contributed by atoms with van der Waals surface area (Å²) < 4.78 is 0. The first-order valence-corrected chi connectivity index (χ1v) is 8.90. The second kappa shape index (κ2) is 7.63. The molecule has 0 saturated heterocycles. The van der Waals surface area contributed by atoms with E-state index >= 15 is 0 Å². The maximum absolute atomic E-state index is 11.3. The molecule has 1 aliphatic rings. The third-order valence-electron chi connectivity index (χ3n) is 5.07. The zero-order chi connectivity index (χ0) is 16.9. The number of carbonyl (C=O) groups excluding carboxylic acids is 1. The van der Waals surface area contributed by atoms with E-state index in [1.165, 1.54) is 31.2 Å². The number of carbonyl (C=O) groups is 1. The van der Waals surface area contributed by atoms with E-state index in [1.54, 1.807) is 6.07 Å². The molecule has 1 amide bonds. The summed E-state index contributed by atoms with van der Waals surface area (Å²) in [6.45, 7) is 4.37. The lowest BCUT2D eigenvalue weighted by Gasteiger charge is -2.27. The van der Waals surface area contributed by atoms with E-state index in [9.17, 15) is 4.79 Å². The summed E-state index contributed by atoms with van der Waals surface area (Å²) >= 11 is 0. The third kappa shape index (κ3) is 3.85. The van der Waals surface area contributed by atoms with Crippen LogP contribution in [0.5, 0.6) is 0 Å². The van der Waals surface area contributed by atoms with Gasteiger partial charge in [0.2, 0.25) is 5.91 Å². The smallest absolute Gasteiger partial charge is 0.248 e. The van der Waals surface area contributed by atoms with Crippen molar-refractivity contribution < 1.29 is 4.79 Å². The van der Waals surface area contributed by atoms with Crippen LogP contribution in [0.15, 0.2) is 48.5 Å². The van der Waals surface area contributed by atoms with Crippen LogP contribution in [0.4, 0.5) is 0 Å². The SMILES string of the molecule is CCN(Cc1ccc(-c2cccc(C(N)=O)c2)cc1)C1CCCC1. The summed E-state index contributed by atoms with van der Waals surface area (Å²) in [5.74, 6) is -0.386. The molecule has 0 aromatic heterocycles. The molecule has 0 spiro atoms. The predicted molar refractivity (Wildman–Crippen MR) is 98.7 cm³/mol. The Labute approximate surface area is 144 Å². The van der Waals surface area contributed by atoms with Gasteiger partial charge in [0.1, 0.15) is 0 Å². The van der Waals surface area contributed by atoms with Gasteiger partial charge in [-0.2, -0.15) is 0 Å². The van der Waals surface area contributed by atoms with E-state index < -0.39 is 0 Å². The van der Waals surface area contributed by atoms with Gasteiger partial charge in [-0.05, 0) is 48.2 Å². The van der Waals surface area contributed by atoms with E-state index in [2.05, 4.69) is 36.1 Å². The Morgan fingerprint density at radius 3 is 2.42 bits per heavy atom. The van der Waals surface area contributed by atoms with Crippen molar-refractivity contribution in [1.82, 2.24) is 4.90 Å². The number of rotatable bonds is 6. The molecule has 1 aliphatic carbocycles. The maximum Gasteiger partial charge on any atom is 0.248 e. The normalized spacial score (nSPS) is 15.1. The fourth-order valence-corrected chi connectivity index (χ4v) is 3.66. The van der Waals surface area contributed by atoms with Gasteiger partial charge in [0.15, 0.2) is 0 Å². The molecule has 0 atom stereocenters. The van der Waals surface area contributed by atoms with Crippen LogP contribution in [-0.2, 0) is 6.54 Å². The van der Waals surface area contributed by atoms with Crippen molar-refractivity contribution in [3.8, 4) is 11.1 Å². The molecule has 2 aromatic rings. The minimum atomic E-state index is -0.386. The highest BCUT2D eigenvalue weighted by atomic mass is 16.1. The first-order valence-electron chi connectivity index (χ1n) is 8.90. The molecule has 0 unspecified atom stereocenters. The van der Waals surface area contributed by atoms with Crippen LogP contribution in [0.25, 0.3) is 11.1 Å². The first-order chi connectivity index (χ1) is 11.7. The van der Waals surface area contributed by atoms with E-state index in [-0.39, 0.29) is 5.91 Å². The Morgan fingerprint density at radius 1 is 1.08 bits per heavy atom. The van der Waals surface area contributed by atoms with E-state index in [0.717, 1.165) is 30.3 Å². The topological polar surface area (TPSA) is 46.3 Å². The molecule has 0 heterocycles. The Balaban J connectivity index is 1.73. The summed E-state index contributed by atoms with van der Waals surface area (Å²) in [7, 11) is 0. The largest absolute Gasteiger partial charge is 0.366 e. The highest BCUT2D eigenvalue weighted by Gasteiger charge is 2.21. The van der Waals surface area contributed by atoms with Crippen molar-refractivity contribution in [2.24, 2.45) is 5.73 Å². The van der Waals surface area contributed by atoms with Crippen LogP contribution in [0, 0.1) is 0 Å². The number of hydrogen-bond donors (Lipinski definition) is 1. The highest BCUT2D eigenvalue weighted by Crippen LogP contribution is 2.26. The van der Waals surface area contributed by atoms with Gasteiger partial charge < -0.3 is 5.73 Å². The molecule has 24 heavy (non-hydrogen) atoms. The quantitative estimate of drug-likeness (QED) is 0.865. The van der Waals surface area contributed by atoms with Crippen molar-refractivity contribution >= 4 is 5.91 Å². The number of nitrogens with zero attached hydrogens (tertiary/aromatic N) is 1. The van der Waals surface area contributed by atoms with Crippen LogP contribution in [0.3, 0.4) is 0 Å². The third-order valence-corrected chi connectivity index (χ3v) is 5.07. The van der Waals surface area contributed by atoms with Crippen molar-refractivity contribution in [2.45, 2.75) is 45.2 Å². The zero-order valence-electron chi connectivity index (χ0n) is 14.4. The number of primary amides is 1. The summed E-state index contributed by atoms with van der Waals surface area (Å²) in [5.41, 5.74) is 9.41. The van der Waals surface area contributed by atoms with Gasteiger partial charge in [-0.1, -0.05) is 56.2 Å². The summed E-state index contributed by atoms with van der Waals surface area (Å²) in [5, 5.41) is 0. The zero-order valence-corrected chi connectivity index (χ0v) is 14.4. The molecular formula is C21H26N2O. The first kappa shape index (κ1) is 16.7. The fourth-order valence-electron chi connectivity index (χ4n) is 3.66. The molecular weight excluding hydrogens is 296 g/mol.